The van der Waals surface area contributed by atoms with E-state index < -0.39 is 17.7 Å². The van der Waals surface area contributed by atoms with Gasteiger partial charge in [-0.05, 0) is 47.5 Å². The predicted molar refractivity (Wildman–Crippen MR) is 114 cm³/mol. The van der Waals surface area contributed by atoms with E-state index in [1.807, 2.05) is 6.07 Å². The third-order valence-electron chi connectivity index (χ3n) is 5.45. The van der Waals surface area contributed by atoms with E-state index in [-0.39, 0.29) is 17.9 Å². The third-order valence-corrected chi connectivity index (χ3v) is 5.45. The van der Waals surface area contributed by atoms with E-state index in [0.717, 1.165) is 5.56 Å². The molecule has 1 fully saturated rings. The first-order chi connectivity index (χ1) is 15.6. The number of aromatic nitrogens is 2. The normalized spacial score (nSPS) is 19.2. The molecule has 4 heterocycles. The quantitative estimate of drug-likeness (QED) is 0.387. The molecule has 8 nitrogen and oxygen atoms in total. The van der Waals surface area contributed by atoms with Gasteiger partial charge in [-0.3, -0.25) is 19.6 Å². The number of aliphatic hydroxyl groups excluding tert-OH is 1. The molecule has 1 unspecified atom stereocenters. The van der Waals surface area contributed by atoms with Gasteiger partial charge in [0.15, 0.2) is 11.5 Å². The molecule has 2 aliphatic heterocycles. The predicted octanol–water partition coefficient (Wildman–Crippen LogP) is 2.87. The zero-order chi connectivity index (χ0) is 22.1. The number of carbonyl (C=O) groups excluding carboxylic acids is 2. The van der Waals surface area contributed by atoms with Gasteiger partial charge in [0.2, 0.25) is 0 Å². The fourth-order valence-corrected chi connectivity index (χ4v) is 3.97. The summed E-state index contributed by atoms with van der Waals surface area (Å²) in [6.07, 6.45) is 6.46. The number of hydrogen-bond donors (Lipinski definition) is 1. The van der Waals surface area contributed by atoms with Gasteiger partial charge in [0.25, 0.3) is 11.7 Å². The van der Waals surface area contributed by atoms with Crippen LogP contribution in [0, 0.1) is 0 Å². The van der Waals surface area contributed by atoms with Crippen LogP contribution in [0.15, 0.2) is 72.8 Å². The van der Waals surface area contributed by atoms with Crippen LogP contribution < -0.4 is 9.47 Å². The molecule has 1 amide bonds. The highest BCUT2D eigenvalue weighted by atomic mass is 16.6. The average molecular weight is 429 g/mol. The number of hydrogen-bond acceptors (Lipinski definition) is 7. The van der Waals surface area contributed by atoms with Crippen molar-refractivity contribution >= 4 is 17.4 Å². The second-order valence-corrected chi connectivity index (χ2v) is 7.43. The van der Waals surface area contributed by atoms with Gasteiger partial charge in [0.05, 0.1) is 11.6 Å². The maximum absolute atomic E-state index is 13.1. The van der Waals surface area contributed by atoms with Gasteiger partial charge >= 0.3 is 0 Å². The highest BCUT2D eigenvalue weighted by molar-refractivity contribution is 6.46. The Bertz CT molecular complexity index is 1210. The molecule has 1 saturated heterocycles. The van der Waals surface area contributed by atoms with Crippen LogP contribution in [0.1, 0.15) is 22.7 Å². The maximum Gasteiger partial charge on any atom is 0.295 e. The van der Waals surface area contributed by atoms with Gasteiger partial charge < -0.3 is 19.5 Å². The summed E-state index contributed by atoms with van der Waals surface area (Å²) in [6, 6.07) is 11.2. The van der Waals surface area contributed by atoms with Crippen molar-refractivity contribution in [2.75, 3.05) is 13.2 Å². The van der Waals surface area contributed by atoms with Crippen molar-refractivity contribution in [3.05, 3.63) is 89.5 Å². The molecule has 0 radical (unpaired) electrons. The van der Waals surface area contributed by atoms with Crippen molar-refractivity contribution in [3.63, 3.8) is 0 Å². The number of rotatable bonds is 4. The van der Waals surface area contributed by atoms with Gasteiger partial charge in [0, 0.05) is 36.9 Å². The summed E-state index contributed by atoms with van der Waals surface area (Å²) in [4.78, 5) is 35.7. The Morgan fingerprint density at radius 3 is 2.53 bits per heavy atom. The lowest BCUT2D eigenvalue weighted by molar-refractivity contribution is -0.140. The lowest BCUT2D eigenvalue weighted by Gasteiger charge is -2.25. The van der Waals surface area contributed by atoms with Gasteiger partial charge in [-0.2, -0.15) is 0 Å². The number of benzene rings is 1. The van der Waals surface area contributed by atoms with Crippen LogP contribution in [0.2, 0.25) is 0 Å². The Balaban J connectivity index is 1.62. The number of aliphatic hydroxyl groups is 1. The molecule has 0 spiro atoms. The second kappa shape index (κ2) is 8.14. The SMILES string of the molecule is O=C1C(=O)N(Cc2cccnc2)C(c2ccncc2)C1=C(O)c1ccc2c(c1)OCCO2. The topological polar surface area (TPSA) is 102 Å². The van der Waals surface area contributed by atoms with Crippen molar-refractivity contribution in [3.8, 4) is 11.5 Å². The summed E-state index contributed by atoms with van der Waals surface area (Å²) < 4.78 is 11.1. The van der Waals surface area contributed by atoms with Crippen LogP contribution >= 0.6 is 0 Å². The highest BCUT2D eigenvalue weighted by Crippen LogP contribution is 2.41. The second-order valence-electron chi connectivity index (χ2n) is 7.43. The first kappa shape index (κ1) is 19.7. The molecular weight excluding hydrogens is 410 g/mol. The largest absolute Gasteiger partial charge is 0.507 e. The van der Waals surface area contributed by atoms with Crippen LogP contribution in [0.3, 0.4) is 0 Å². The standard InChI is InChI=1S/C24H19N3O5/c28-22(17-3-4-18-19(12-17)32-11-10-31-18)20-21(16-5-8-25-9-6-16)27(24(30)23(20)29)14-15-2-1-7-26-13-15/h1-9,12-13,21,28H,10-11,14H2. The minimum absolute atomic E-state index is 0.0155. The van der Waals surface area contributed by atoms with E-state index in [2.05, 4.69) is 9.97 Å². The molecule has 8 heteroatoms. The number of Topliss-reactive ketones (excluding diaryl/α,β-unsaturated/α-hetero) is 1. The molecule has 1 N–H and O–H groups in total. The smallest absolute Gasteiger partial charge is 0.295 e. The number of carbonyl (C=O) groups is 2. The van der Waals surface area contributed by atoms with Crippen LogP contribution in [0.4, 0.5) is 0 Å². The summed E-state index contributed by atoms with van der Waals surface area (Å²) in [6.45, 7) is 1.01. The summed E-state index contributed by atoms with van der Waals surface area (Å²) in [5.41, 5.74) is 1.82. The van der Waals surface area contributed by atoms with Gasteiger partial charge in [-0.1, -0.05) is 6.07 Å². The highest BCUT2D eigenvalue weighted by Gasteiger charge is 2.46. The Labute approximate surface area is 183 Å². The third kappa shape index (κ3) is 3.45. The molecule has 32 heavy (non-hydrogen) atoms. The Morgan fingerprint density at radius 1 is 1.00 bits per heavy atom. The molecule has 5 rings (SSSR count). The van der Waals surface area contributed by atoms with Crippen LogP contribution in [0.5, 0.6) is 11.5 Å². The minimum atomic E-state index is -0.772. The first-order valence-corrected chi connectivity index (χ1v) is 10.1. The Kier molecular flexibility index (Phi) is 5.03. The van der Waals surface area contributed by atoms with Crippen LogP contribution in [0.25, 0.3) is 5.76 Å². The lowest BCUT2D eigenvalue weighted by Crippen LogP contribution is -2.29. The van der Waals surface area contributed by atoms with Gasteiger partial charge in [-0.25, -0.2) is 0 Å². The molecule has 1 aromatic carbocycles. The van der Waals surface area contributed by atoms with Gasteiger partial charge in [-0.15, -0.1) is 0 Å². The van der Waals surface area contributed by atoms with Crippen molar-refractivity contribution in [2.45, 2.75) is 12.6 Å². The van der Waals surface area contributed by atoms with E-state index in [9.17, 15) is 14.7 Å². The molecule has 3 aromatic rings. The van der Waals surface area contributed by atoms with E-state index >= 15 is 0 Å². The molecule has 0 saturated carbocycles. The van der Waals surface area contributed by atoms with Crippen molar-refractivity contribution in [2.24, 2.45) is 0 Å². The van der Waals surface area contributed by atoms with Crippen molar-refractivity contribution in [1.82, 2.24) is 14.9 Å². The number of fused-ring (bicyclic) bond motifs is 1. The number of ether oxygens (including phenoxy) is 2. The zero-order valence-corrected chi connectivity index (χ0v) is 17.0. The average Bonchev–Trinajstić information content (AvgIpc) is 3.09. The number of amides is 1. The summed E-state index contributed by atoms with van der Waals surface area (Å²) in [5, 5.41) is 11.2. The number of pyridine rings is 2. The van der Waals surface area contributed by atoms with Crippen LogP contribution in [-0.4, -0.2) is 44.9 Å². The van der Waals surface area contributed by atoms with E-state index in [0.29, 0.717) is 35.8 Å². The summed E-state index contributed by atoms with van der Waals surface area (Å²) in [7, 11) is 0. The molecule has 0 bridgehead atoms. The van der Waals surface area contributed by atoms with Gasteiger partial charge in [0.1, 0.15) is 19.0 Å². The molecule has 1 atom stereocenters. The number of nitrogens with zero attached hydrogens (tertiary/aromatic N) is 3. The maximum atomic E-state index is 13.1. The van der Waals surface area contributed by atoms with E-state index in [1.165, 1.54) is 4.90 Å². The fourth-order valence-electron chi connectivity index (χ4n) is 3.97. The molecule has 2 aromatic heterocycles. The van der Waals surface area contributed by atoms with E-state index in [1.54, 1.807) is 61.2 Å². The van der Waals surface area contributed by atoms with E-state index in [4.69, 9.17) is 9.47 Å². The molecular formula is C24H19N3O5. The number of ketones is 1. The van der Waals surface area contributed by atoms with Crippen molar-refractivity contribution in [1.29, 1.82) is 0 Å². The lowest BCUT2D eigenvalue weighted by atomic mass is 9.95. The molecule has 160 valence electrons. The Morgan fingerprint density at radius 2 is 1.78 bits per heavy atom. The first-order valence-electron chi connectivity index (χ1n) is 10.1. The fraction of sp³-hybridized carbons (Fsp3) is 0.167. The number of likely N-dealkylation sites (tertiary alicyclic amines) is 1. The van der Waals surface area contributed by atoms with Crippen molar-refractivity contribution < 1.29 is 24.2 Å². The molecule has 2 aliphatic rings. The minimum Gasteiger partial charge on any atom is -0.507 e. The summed E-state index contributed by atoms with van der Waals surface area (Å²) in [5.74, 6) is -0.658. The Hall–Kier alpha value is -4.20. The van der Waals surface area contributed by atoms with Crippen LogP contribution in [-0.2, 0) is 16.1 Å². The monoisotopic (exact) mass is 429 g/mol. The zero-order valence-electron chi connectivity index (χ0n) is 17.0. The molecule has 0 aliphatic carbocycles. The summed E-state index contributed by atoms with van der Waals surface area (Å²) >= 11 is 0.